The van der Waals surface area contributed by atoms with Gasteiger partial charge < -0.3 is 25.2 Å². The Balaban J connectivity index is 1.00. The lowest BCUT2D eigenvalue weighted by Crippen LogP contribution is -2.44. The molecule has 218 valence electrons. The predicted octanol–water partition coefficient (Wildman–Crippen LogP) is 5.35. The number of carbonyl (C=O) groups is 2. The van der Waals surface area contributed by atoms with Crippen LogP contribution in [0.2, 0.25) is 0 Å². The fourth-order valence-electron chi connectivity index (χ4n) is 5.93. The SMILES string of the molecule is O=C(N[C@@H](CCO[C@H]1C[C@H](CCc2ccc3c(n2)NCCC3)C1)C(=O)O)O[C@H]1CCCC[C@@H]1C#Cc1ccccc1. The molecule has 2 fully saturated rings. The molecule has 2 aromatic rings. The van der Waals surface area contributed by atoms with Crippen molar-refractivity contribution in [3.8, 4) is 11.8 Å². The number of rotatable bonds is 10. The first-order chi connectivity index (χ1) is 20.0. The number of alkyl carbamates (subject to hydrolysis) is 1. The Labute approximate surface area is 242 Å². The van der Waals surface area contributed by atoms with Crippen LogP contribution in [-0.4, -0.2) is 53.6 Å². The average Bonchev–Trinajstić information content (AvgIpc) is 2.97. The zero-order chi connectivity index (χ0) is 28.4. The van der Waals surface area contributed by atoms with E-state index in [1.165, 1.54) is 5.56 Å². The van der Waals surface area contributed by atoms with Gasteiger partial charge in [-0.15, -0.1) is 0 Å². The summed E-state index contributed by atoms with van der Waals surface area (Å²) in [5.41, 5.74) is 3.37. The van der Waals surface area contributed by atoms with Gasteiger partial charge in [-0.05, 0) is 87.5 Å². The summed E-state index contributed by atoms with van der Waals surface area (Å²) >= 11 is 0. The van der Waals surface area contributed by atoms with Crippen LogP contribution in [0.3, 0.4) is 0 Å². The summed E-state index contributed by atoms with van der Waals surface area (Å²) in [7, 11) is 0. The van der Waals surface area contributed by atoms with Gasteiger partial charge in [-0.1, -0.05) is 42.5 Å². The van der Waals surface area contributed by atoms with Crippen LogP contribution in [0, 0.1) is 23.7 Å². The number of pyridine rings is 1. The monoisotopic (exact) mass is 559 g/mol. The second-order valence-electron chi connectivity index (χ2n) is 11.5. The van der Waals surface area contributed by atoms with Gasteiger partial charge in [-0.2, -0.15) is 0 Å². The molecule has 41 heavy (non-hydrogen) atoms. The topological polar surface area (TPSA) is 110 Å². The number of carboxylic acid groups (broad SMARTS) is 1. The maximum Gasteiger partial charge on any atom is 0.408 e. The van der Waals surface area contributed by atoms with Gasteiger partial charge in [0.25, 0.3) is 0 Å². The number of ether oxygens (including phenoxy) is 2. The second kappa shape index (κ2) is 14.4. The number of nitrogens with zero attached hydrogens (tertiary/aromatic N) is 1. The van der Waals surface area contributed by atoms with Crippen molar-refractivity contribution < 1.29 is 24.2 Å². The Hall–Kier alpha value is -3.57. The van der Waals surface area contributed by atoms with Crippen molar-refractivity contribution >= 4 is 17.9 Å². The van der Waals surface area contributed by atoms with Crippen LogP contribution >= 0.6 is 0 Å². The zero-order valence-corrected chi connectivity index (χ0v) is 23.6. The van der Waals surface area contributed by atoms with E-state index in [4.69, 9.17) is 14.5 Å². The van der Waals surface area contributed by atoms with Crippen molar-refractivity contribution in [1.29, 1.82) is 0 Å². The molecular weight excluding hydrogens is 518 g/mol. The number of benzene rings is 1. The van der Waals surface area contributed by atoms with Crippen molar-refractivity contribution in [3.05, 3.63) is 59.3 Å². The molecule has 1 aromatic carbocycles. The number of aromatic nitrogens is 1. The summed E-state index contributed by atoms with van der Waals surface area (Å²) < 4.78 is 11.6. The van der Waals surface area contributed by atoms with Crippen LogP contribution in [-0.2, 0) is 27.1 Å². The summed E-state index contributed by atoms with van der Waals surface area (Å²) in [6.07, 6.45) is 9.12. The number of aryl methyl sites for hydroxylation is 2. The van der Waals surface area contributed by atoms with Crippen LogP contribution in [0.4, 0.5) is 10.6 Å². The van der Waals surface area contributed by atoms with Gasteiger partial charge in [-0.25, -0.2) is 14.6 Å². The molecular formula is C33H41N3O5. The maximum atomic E-state index is 12.6. The molecule has 1 amide bonds. The Morgan fingerprint density at radius 3 is 2.76 bits per heavy atom. The summed E-state index contributed by atoms with van der Waals surface area (Å²) in [5.74, 6) is 6.94. The zero-order valence-electron chi connectivity index (χ0n) is 23.6. The molecule has 2 saturated carbocycles. The van der Waals surface area contributed by atoms with Gasteiger partial charge in [0, 0.05) is 30.8 Å². The maximum absolute atomic E-state index is 12.6. The molecule has 1 aromatic heterocycles. The number of carbonyl (C=O) groups excluding carboxylic acids is 1. The molecule has 0 unspecified atom stereocenters. The van der Waals surface area contributed by atoms with Gasteiger partial charge >= 0.3 is 12.1 Å². The van der Waals surface area contributed by atoms with Crippen molar-refractivity contribution in [1.82, 2.24) is 10.3 Å². The van der Waals surface area contributed by atoms with Crippen LogP contribution in [0.1, 0.15) is 74.6 Å². The Morgan fingerprint density at radius 2 is 1.93 bits per heavy atom. The molecule has 8 nitrogen and oxygen atoms in total. The van der Waals surface area contributed by atoms with E-state index >= 15 is 0 Å². The van der Waals surface area contributed by atoms with Crippen LogP contribution in [0.5, 0.6) is 0 Å². The third kappa shape index (κ3) is 8.46. The average molecular weight is 560 g/mol. The van der Waals surface area contributed by atoms with E-state index in [-0.39, 0.29) is 31.2 Å². The lowest BCUT2D eigenvalue weighted by molar-refractivity contribution is -0.140. The summed E-state index contributed by atoms with van der Waals surface area (Å²) in [6.45, 7) is 1.27. The number of nitrogens with one attached hydrogen (secondary N) is 2. The molecule has 0 bridgehead atoms. The number of carboxylic acids is 1. The molecule has 8 heteroatoms. The molecule has 3 atom stereocenters. The van der Waals surface area contributed by atoms with Gasteiger partial charge in [0.15, 0.2) is 0 Å². The van der Waals surface area contributed by atoms with Gasteiger partial charge in [0.1, 0.15) is 18.0 Å². The summed E-state index contributed by atoms with van der Waals surface area (Å²) in [6, 6.07) is 13.0. The minimum absolute atomic E-state index is 0.0624. The van der Waals surface area contributed by atoms with Crippen LogP contribution in [0.15, 0.2) is 42.5 Å². The minimum Gasteiger partial charge on any atom is -0.480 e. The molecule has 1 aliphatic heterocycles. The normalized spacial score (nSPS) is 23.9. The Morgan fingerprint density at radius 1 is 1.10 bits per heavy atom. The molecule has 5 rings (SSSR count). The van der Waals surface area contributed by atoms with E-state index in [0.29, 0.717) is 5.92 Å². The highest BCUT2D eigenvalue weighted by Gasteiger charge is 2.31. The molecule has 3 aliphatic rings. The number of hydrogen-bond donors (Lipinski definition) is 3. The van der Waals surface area contributed by atoms with E-state index in [1.54, 1.807) is 0 Å². The smallest absolute Gasteiger partial charge is 0.408 e. The van der Waals surface area contributed by atoms with E-state index < -0.39 is 18.1 Å². The van der Waals surface area contributed by atoms with E-state index in [2.05, 4.69) is 34.6 Å². The number of hydrogen-bond acceptors (Lipinski definition) is 6. The molecule has 0 spiro atoms. The standard InChI is InChI=1S/C33H41N3O5/c37-32(38)29(36-33(39)41-30-11-5-4-9-25(30)14-12-23-7-2-1-3-8-23)18-20-40-28-21-24(22-28)13-16-27-17-15-26-10-6-19-34-31(26)35-27/h1-3,7-8,15,17,24-25,28-30H,4-6,9-11,13,16,18-22H2,(H,34,35)(H,36,39)(H,37,38)/t24-,25-,28-,29+,30+/m1/s1. The second-order valence-corrected chi connectivity index (χ2v) is 11.5. The first-order valence-corrected chi connectivity index (χ1v) is 15.1. The number of amides is 1. The van der Waals surface area contributed by atoms with Crippen LogP contribution in [0.25, 0.3) is 0 Å². The largest absolute Gasteiger partial charge is 0.480 e. The molecule has 0 saturated heterocycles. The van der Waals surface area contributed by atoms with Gasteiger partial charge in [-0.3, -0.25) is 0 Å². The fourth-order valence-corrected chi connectivity index (χ4v) is 5.93. The Bertz CT molecular complexity index is 1230. The van der Waals surface area contributed by atoms with Crippen molar-refractivity contribution in [2.75, 3.05) is 18.5 Å². The molecule has 2 aliphatic carbocycles. The van der Waals surface area contributed by atoms with Crippen LogP contribution < -0.4 is 10.6 Å². The third-order valence-corrected chi connectivity index (χ3v) is 8.44. The molecule has 3 N–H and O–H groups in total. The number of anilines is 1. The third-order valence-electron chi connectivity index (χ3n) is 8.44. The highest BCUT2D eigenvalue weighted by Crippen LogP contribution is 2.34. The van der Waals surface area contributed by atoms with Gasteiger partial charge in [0.2, 0.25) is 0 Å². The molecule has 2 heterocycles. The highest BCUT2D eigenvalue weighted by molar-refractivity contribution is 5.79. The first-order valence-electron chi connectivity index (χ1n) is 15.1. The number of aliphatic carboxylic acids is 1. The first kappa shape index (κ1) is 28.9. The molecule has 0 radical (unpaired) electrons. The predicted molar refractivity (Wildman–Crippen MR) is 157 cm³/mol. The van der Waals surface area contributed by atoms with Crippen molar-refractivity contribution in [2.24, 2.45) is 11.8 Å². The fraction of sp³-hybridized carbons (Fsp3) is 0.545. The quantitative estimate of drug-likeness (QED) is 0.337. The lowest BCUT2D eigenvalue weighted by Gasteiger charge is -2.35. The highest BCUT2D eigenvalue weighted by atomic mass is 16.6. The Kier molecular flexibility index (Phi) is 10.1. The van der Waals surface area contributed by atoms with Crippen molar-refractivity contribution in [3.63, 3.8) is 0 Å². The number of fused-ring (bicyclic) bond motifs is 1. The minimum atomic E-state index is -1.09. The van der Waals surface area contributed by atoms with E-state index in [1.807, 2.05) is 30.3 Å². The van der Waals surface area contributed by atoms with Gasteiger partial charge in [0.05, 0.1) is 12.0 Å². The lowest BCUT2D eigenvalue weighted by atomic mass is 9.79. The van der Waals surface area contributed by atoms with Crippen molar-refractivity contribution in [2.45, 2.75) is 88.9 Å². The van der Waals surface area contributed by atoms with E-state index in [9.17, 15) is 14.7 Å². The van der Waals surface area contributed by atoms with E-state index in [0.717, 1.165) is 87.8 Å². The summed E-state index contributed by atoms with van der Waals surface area (Å²) in [4.78, 5) is 29.2. The summed E-state index contributed by atoms with van der Waals surface area (Å²) in [5, 5.41) is 15.6.